The van der Waals surface area contributed by atoms with Gasteiger partial charge in [-0.1, -0.05) is 35.9 Å². The first-order chi connectivity index (χ1) is 5.86. The first kappa shape index (κ1) is 10.0. The molecule has 60 valence electrons. The summed E-state index contributed by atoms with van der Waals surface area (Å²) >= 11 is 1.47. The van der Waals surface area contributed by atoms with E-state index in [2.05, 4.69) is 53.0 Å². The predicted molar refractivity (Wildman–Crippen MR) is 49.3 cm³/mol. The van der Waals surface area contributed by atoms with Crippen LogP contribution < -0.4 is 0 Å². The second kappa shape index (κ2) is 4.86. The van der Waals surface area contributed by atoms with E-state index in [4.69, 9.17) is 0 Å². The van der Waals surface area contributed by atoms with Crippen molar-refractivity contribution in [3.05, 3.63) is 47.4 Å². The van der Waals surface area contributed by atoms with Crippen molar-refractivity contribution in [2.24, 2.45) is 0 Å². The third kappa shape index (κ3) is 2.23. The van der Waals surface area contributed by atoms with E-state index in [0.717, 1.165) is 0 Å². The summed E-state index contributed by atoms with van der Waals surface area (Å²) in [5.74, 6) is 0. The predicted octanol–water partition coefficient (Wildman–Crippen LogP) is 3.34. The number of benzene rings is 1. The molecule has 12 heavy (non-hydrogen) atoms. The molecule has 0 heterocycles. The first-order valence-electron chi connectivity index (χ1n) is 3.67. The van der Waals surface area contributed by atoms with Gasteiger partial charge in [0, 0.05) is 6.42 Å². The summed E-state index contributed by atoms with van der Waals surface area (Å²) in [7, 11) is 4.64. The van der Waals surface area contributed by atoms with Crippen LogP contribution >= 0.6 is 9.30 Å². The van der Waals surface area contributed by atoms with E-state index in [1.165, 1.54) is 36.1 Å². The average Bonchev–Trinajstić information content (AvgIpc) is 2.48. The van der Waals surface area contributed by atoms with E-state index in [1.54, 1.807) is 0 Å². The quantitative estimate of drug-likeness (QED) is 0.579. The Morgan fingerprint density at radius 1 is 1.08 bits per heavy atom. The normalized spacial score (nSPS) is 12.6. The van der Waals surface area contributed by atoms with Gasteiger partial charge >= 0.3 is 28.7 Å². The van der Waals surface area contributed by atoms with Crippen molar-refractivity contribution >= 4 is 15.4 Å². The van der Waals surface area contributed by atoms with Crippen LogP contribution in [-0.4, -0.2) is 0 Å². The van der Waals surface area contributed by atoms with Gasteiger partial charge in [-0.3, -0.25) is 0 Å². The minimum absolute atomic E-state index is 1.35. The molecule has 0 fully saturated rings. The number of allylic oxidation sites excluding steroid dienone is 1. The Bertz CT molecular complexity index is 292. The number of rotatable bonds is 0. The third-order valence-corrected chi connectivity index (χ3v) is 1.76. The van der Waals surface area contributed by atoms with Crippen molar-refractivity contribution in [2.45, 2.75) is 6.92 Å². The molecule has 1 aliphatic carbocycles. The molecule has 1 radical (unpaired) electrons. The number of hydrogen-bond acceptors (Lipinski definition) is 0. The maximum atomic E-state index is 4.64. The molecule has 0 nitrogen and oxygen atoms in total. The summed E-state index contributed by atoms with van der Waals surface area (Å²) in [6.45, 7) is 2.12. The van der Waals surface area contributed by atoms with Crippen LogP contribution in [0.5, 0.6) is 0 Å². The molecule has 2 heteroatoms. The van der Waals surface area contributed by atoms with Gasteiger partial charge in [-0.25, -0.2) is 0 Å². The Morgan fingerprint density at radius 2 is 1.67 bits per heavy atom. The number of halogens is 1. The van der Waals surface area contributed by atoms with Crippen molar-refractivity contribution in [1.82, 2.24) is 0 Å². The fourth-order valence-corrected chi connectivity index (χ4v) is 1.31. The van der Waals surface area contributed by atoms with Gasteiger partial charge in [-0.15, -0.1) is 0 Å². The topological polar surface area (TPSA) is 0 Å². The van der Waals surface area contributed by atoms with E-state index in [1.807, 2.05) is 0 Å². The maximum absolute atomic E-state index is 4.64. The van der Waals surface area contributed by atoms with Crippen molar-refractivity contribution in [3.63, 3.8) is 0 Å². The molecule has 0 aliphatic heterocycles. The minimum atomic E-state index is 1.35. The van der Waals surface area contributed by atoms with Crippen LogP contribution in [-0.2, 0) is 19.4 Å². The molecule has 1 aromatic carbocycles. The zero-order chi connectivity index (χ0) is 8.97. The summed E-state index contributed by atoms with van der Waals surface area (Å²) in [5.41, 5.74) is 4.04. The van der Waals surface area contributed by atoms with Crippen LogP contribution in [0.25, 0.3) is 6.08 Å². The summed E-state index contributed by atoms with van der Waals surface area (Å²) in [6, 6.07) is 8.42. The summed E-state index contributed by atoms with van der Waals surface area (Å²) in [5, 5.41) is 0. The van der Waals surface area contributed by atoms with Crippen molar-refractivity contribution in [3.8, 4) is 0 Å². The van der Waals surface area contributed by atoms with Gasteiger partial charge in [0.1, 0.15) is 0 Å². The molecule has 2 rings (SSSR count). The molecular formula is C10H9ClTi. The van der Waals surface area contributed by atoms with Crippen LogP contribution in [0.4, 0.5) is 0 Å². The first-order valence-corrected chi connectivity index (χ1v) is 5.82. The molecule has 1 aromatic rings. The van der Waals surface area contributed by atoms with Gasteiger partial charge in [0.15, 0.2) is 0 Å². The Morgan fingerprint density at radius 3 is 2.25 bits per heavy atom. The molecule has 0 N–H and O–H groups in total. The zero-order valence-electron chi connectivity index (χ0n) is 6.84. The van der Waals surface area contributed by atoms with Crippen LogP contribution in [0.3, 0.4) is 0 Å². The van der Waals surface area contributed by atoms with E-state index >= 15 is 0 Å². The Hall–Kier alpha value is -0.0357. The van der Waals surface area contributed by atoms with E-state index < -0.39 is 0 Å². The number of fused-ring (bicyclic) bond motifs is 1. The molecule has 0 spiro atoms. The van der Waals surface area contributed by atoms with Crippen LogP contribution in [0.15, 0.2) is 29.8 Å². The van der Waals surface area contributed by atoms with Gasteiger partial charge in [0.2, 0.25) is 0 Å². The summed E-state index contributed by atoms with van der Waals surface area (Å²) in [4.78, 5) is 0. The van der Waals surface area contributed by atoms with Gasteiger partial charge in [0.05, 0.1) is 0 Å². The van der Waals surface area contributed by atoms with Gasteiger partial charge < -0.3 is 0 Å². The molecule has 0 amide bonds. The standard InChI is InChI=1S/C10H9.ClH.Ti/c1-8-6-9-4-2-3-5-10(9)7-8;;/h2-7H,1H3;1H;/q;;+1/p-1. The van der Waals surface area contributed by atoms with Gasteiger partial charge in [0.25, 0.3) is 0 Å². The SMILES string of the molecule is CC1=Cc2ccccc2[CH]1.[Cl][Ti]. The average molecular weight is 213 g/mol. The Balaban J connectivity index is 0.000000336. The Kier molecular flexibility index (Phi) is 4.07. The fourth-order valence-electron chi connectivity index (χ4n) is 1.31. The van der Waals surface area contributed by atoms with E-state index in [-0.39, 0.29) is 0 Å². The van der Waals surface area contributed by atoms with Crippen molar-refractivity contribution in [2.75, 3.05) is 0 Å². The van der Waals surface area contributed by atoms with E-state index in [0.29, 0.717) is 0 Å². The Labute approximate surface area is 88.9 Å². The van der Waals surface area contributed by atoms with Gasteiger partial charge in [-0.05, 0) is 18.1 Å². The zero-order valence-corrected chi connectivity index (χ0v) is 9.16. The second-order valence-electron chi connectivity index (χ2n) is 2.66. The van der Waals surface area contributed by atoms with Crippen LogP contribution in [0, 0.1) is 6.42 Å². The van der Waals surface area contributed by atoms with E-state index in [9.17, 15) is 0 Å². The summed E-state index contributed by atoms with van der Waals surface area (Å²) in [6.07, 6.45) is 4.41. The van der Waals surface area contributed by atoms with Crippen LogP contribution in [0.1, 0.15) is 18.1 Å². The molecule has 1 aliphatic rings. The number of hydrogen-bond donors (Lipinski definition) is 0. The van der Waals surface area contributed by atoms with Gasteiger partial charge in [-0.2, -0.15) is 0 Å². The van der Waals surface area contributed by atoms with Crippen LogP contribution in [0.2, 0.25) is 0 Å². The third-order valence-electron chi connectivity index (χ3n) is 1.76. The summed E-state index contributed by atoms with van der Waals surface area (Å²) < 4.78 is 0. The molecular weight excluding hydrogens is 203 g/mol. The monoisotopic (exact) mass is 212 g/mol. The molecule has 0 bridgehead atoms. The fraction of sp³-hybridized carbons (Fsp3) is 0.100. The molecule has 0 saturated carbocycles. The molecule has 0 atom stereocenters. The van der Waals surface area contributed by atoms with Crippen molar-refractivity contribution < 1.29 is 19.4 Å². The molecule has 0 aromatic heterocycles. The second-order valence-corrected chi connectivity index (χ2v) is 2.66. The molecule has 0 saturated heterocycles. The van der Waals surface area contributed by atoms with Crippen molar-refractivity contribution in [1.29, 1.82) is 0 Å². The molecule has 0 unspecified atom stereocenters.